The van der Waals surface area contributed by atoms with Gasteiger partial charge in [0.25, 0.3) is 5.91 Å². The molecular formula is C35H34N8O6S2. The highest BCUT2D eigenvalue weighted by atomic mass is 32.1. The van der Waals surface area contributed by atoms with Gasteiger partial charge in [-0.1, -0.05) is 70.9 Å². The first-order chi connectivity index (χ1) is 24.7. The van der Waals surface area contributed by atoms with Crippen LogP contribution in [0.15, 0.2) is 66.9 Å². The smallest absolute Gasteiger partial charge is 0.274 e. The van der Waals surface area contributed by atoms with Crippen molar-refractivity contribution >= 4 is 40.4 Å². The van der Waals surface area contributed by atoms with Crippen molar-refractivity contribution in [2.45, 2.75) is 59.2 Å². The minimum atomic E-state index is -0.985. The molecule has 4 atom stereocenters. The van der Waals surface area contributed by atoms with Crippen molar-refractivity contribution in [1.29, 1.82) is 0 Å². The molecular weight excluding hydrogens is 693 g/mol. The summed E-state index contributed by atoms with van der Waals surface area (Å²) in [4.78, 5) is 64.6. The van der Waals surface area contributed by atoms with E-state index in [1.165, 1.54) is 35.2 Å². The number of thiazole rings is 2. The normalized spacial score (nSPS) is 17.9. The molecule has 10 bridgehead atoms. The van der Waals surface area contributed by atoms with Gasteiger partial charge in [0.15, 0.2) is 17.1 Å². The van der Waals surface area contributed by atoms with Crippen LogP contribution < -0.4 is 16.0 Å². The van der Waals surface area contributed by atoms with Crippen LogP contribution in [0.5, 0.6) is 0 Å². The first-order valence-electron chi connectivity index (χ1n) is 16.5. The number of hydrogen-bond acceptors (Lipinski definition) is 13. The van der Waals surface area contributed by atoms with Gasteiger partial charge in [-0.25, -0.2) is 24.9 Å². The molecule has 3 N–H and O–H groups in total. The highest BCUT2D eigenvalue weighted by Crippen LogP contribution is 2.35. The molecule has 0 radical (unpaired) electrons. The average molecular weight is 727 g/mol. The van der Waals surface area contributed by atoms with E-state index in [2.05, 4.69) is 30.9 Å². The maximum atomic E-state index is 14.1. The van der Waals surface area contributed by atoms with Gasteiger partial charge in [-0.05, 0) is 11.8 Å². The van der Waals surface area contributed by atoms with Crippen LogP contribution in [0, 0.1) is 11.8 Å². The van der Waals surface area contributed by atoms with E-state index in [0.717, 1.165) is 0 Å². The van der Waals surface area contributed by atoms with Crippen LogP contribution in [-0.2, 0) is 16.1 Å². The number of amides is 3. The second-order valence-electron chi connectivity index (χ2n) is 12.2. The second-order valence-corrected chi connectivity index (χ2v) is 13.9. The number of nitrogens with one attached hydrogen (secondary N) is 3. The number of nitrogens with zero attached hydrogens (tertiary/aromatic N) is 5. The minimum Gasteiger partial charge on any atom is -0.446 e. The number of aromatic nitrogens is 5. The lowest BCUT2D eigenvalue weighted by molar-refractivity contribution is -0.131. The molecule has 262 valence electrons. The molecule has 1 aliphatic rings. The third-order valence-corrected chi connectivity index (χ3v) is 10.5. The molecule has 0 aliphatic carbocycles. The van der Waals surface area contributed by atoms with Crippen molar-refractivity contribution in [3.63, 3.8) is 0 Å². The van der Waals surface area contributed by atoms with E-state index in [1.807, 2.05) is 63.4 Å². The maximum absolute atomic E-state index is 14.1. The van der Waals surface area contributed by atoms with Crippen LogP contribution in [0.4, 0.5) is 0 Å². The van der Waals surface area contributed by atoms with Crippen molar-refractivity contribution in [3.05, 3.63) is 65.2 Å². The third-order valence-electron chi connectivity index (χ3n) is 8.81. The molecule has 0 fully saturated rings. The highest BCUT2D eigenvalue weighted by molar-refractivity contribution is 7.15. The molecule has 51 heavy (non-hydrogen) atoms. The van der Waals surface area contributed by atoms with E-state index in [1.54, 1.807) is 5.38 Å². The lowest BCUT2D eigenvalue weighted by atomic mass is 9.94. The van der Waals surface area contributed by atoms with Gasteiger partial charge >= 0.3 is 0 Å². The van der Waals surface area contributed by atoms with E-state index < -0.39 is 29.8 Å². The van der Waals surface area contributed by atoms with E-state index in [9.17, 15) is 14.4 Å². The fourth-order valence-electron chi connectivity index (χ4n) is 5.46. The monoisotopic (exact) mass is 726 g/mol. The largest absolute Gasteiger partial charge is 0.446 e. The zero-order valence-corrected chi connectivity index (χ0v) is 29.8. The molecule has 6 heterocycles. The highest BCUT2D eigenvalue weighted by Gasteiger charge is 2.34. The predicted octanol–water partition coefficient (Wildman–Crippen LogP) is 6.20. The number of rotatable bonds is 5. The Labute approximate surface area is 300 Å². The lowest BCUT2D eigenvalue weighted by Gasteiger charge is -2.28. The van der Waals surface area contributed by atoms with Gasteiger partial charge in [-0.15, -0.1) is 22.7 Å². The molecule has 0 saturated heterocycles. The van der Waals surface area contributed by atoms with Crippen LogP contribution in [0.2, 0.25) is 0 Å². The predicted molar refractivity (Wildman–Crippen MR) is 189 cm³/mol. The summed E-state index contributed by atoms with van der Waals surface area (Å²) < 4.78 is 17.5. The Bertz CT molecular complexity index is 2180. The van der Waals surface area contributed by atoms with Crippen LogP contribution in [0.1, 0.15) is 56.9 Å². The van der Waals surface area contributed by atoms with E-state index >= 15 is 0 Å². The van der Waals surface area contributed by atoms with Crippen LogP contribution in [-0.4, -0.2) is 54.7 Å². The molecule has 3 amide bonds. The van der Waals surface area contributed by atoms with Crippen LogP contribution >= 0.6 is 22.7 Å². The fraction of sp³-hybridized carbons (Fsp3) is 0.314. The molecule has 14 nitrogen and oxygen atoms in total. The van der Waals surface area contributed by atoms with E-state index in [4.69, 9.17) is 23.2 Å². The summed E-state index contributed by atoms with van der Waals surface area (Å²) >= 11 is 2.72. The summed E-state index contributed by atoms with van der Waals surface area (Å²) in [5.74, 6) is -1.22. The Balaban J connectivity index is 1.30. The number of hydrogen-bond donors (Lipinski definition) is 3. The number of carbonyl (C=O) groups is 3. The number of fused-ring (bicyclic) bond motifs is 14. The molecule has 0 saturated carbocycles. The maximum Gasteiger partial charge on any atom is 0.274 e. The van der Waals surface area contributed by atoms with Crippen molar-refractivity contribution < 1.29 is 27.6 Å². The summed E-state index contributed by atoms with van der Waals surface area (Å²) in [6, 6.07) is 7.24. The Morgan fingerprint density at radius 3 is 2.16 bits per heavy atom. The van der Waals surface area contributed by atoms with Crippen molar-refractivity contribution in [2.24, 2.45) is 11.8 Å². The number of carbonyl (C=O) groups excluding carboxylic acids is 3. The molecule has 4 unspecified atom stereocenters. The molecule has 16 heteroatoms. The van der Waals surface area contributed by atoms with Crippen LogP contribution in [0.25, 0.3) is 55.9 Å². The third kappa shape index (κ3) is 6.96. The van der Waals surface area contributed by atoms with Gasteiger partial charge < -0.3 is 29.2 Å². The first-order valence-corrected chi connectivity index (χ1v) is 18.3. The fourth-order valence-corrected chi connectivity index (χ4v) is 7.04. The van der Waals surface area contributed by atoms with Gasteiger partial charge in [-0.2, -0.15) is 0 Å². The average Bonchev–Trinajstić information content (AvgIpc) is 3.99. The SMILES string of the molecule is CCC(C)C1NC(=O)c2nc(oc2-c2ccccc2)-c2csc(n2)-c2csc(n2)-c2coc(n2)-c2coc(n2)CNC(=O)C(C(C)CC)NC1=O. The van der Waals surface area contributed by atoms with Crippen molar-refractivity contribution in [3.8, 4) is 55.9 Å². The number of oxazole rings is 3. The molecule has 0 spiro atoms. The standard InChI is InChI=1S/C35H34N8O6S2/c1-5-17(3)25-29(44)36-12-24-37-20(13-47-24)32-38-21(14-48-32)34-40-23(16-51-34)35-39-22(15-50-35)33-43-27(28(49-33)19-10-8-7-9-11-19)31(46)42-26(18(4)6-2)30(45)41-25/h7-11,13-18,25-26H,5-6,12H2,1-4H3,(H,36,44)(H,41,45)(H,42,46). The van der Waals surface area contributed by atoms with Gasteiger partial charge in [-0.3, -0.25) is 14.4 Å². The Kier molecular flexibility index (Phi) is 9.60. The van der Waals surface area contributed by atoms with Crippen LogP contribution in [0.3, 0.4) is 0 Å². The van der Waals surface area contributed by atoms with Crippen molar-refractivity contribution in [1.82, 2.24) is 40.9 Å². The minimum absolute atomic E-state index is 0.000581. The summed E-state index contributed by atoms with van der Waals surface area (Å²) in [6.45, 7) is 7.55. The first kappa shape index (κ1) is 34.0. The van der Waals surface area contributed by atoms with Gasteiger partial charge in [0.1, 0.15) is 51.7 Å². The Hall–Kier alpha value is -5.48. The summed E-state index contributed by atoms with van der Waals surface area (Å²) in [5, 5.41) is 13.5. The second kappa shape index (κ2) is 14.4. The lowest BCUT2D eigenvalue weighted by Crippen LogP contribution is -2.57. The Morgan fingerprint density at radius 2 is 1.41 bits per heavy atom. The molecule has 1 aromatic carbocycles. The molecule has 1 aliphatic heterocycles. The van der Waals surface area contributed by atoms with Gasteiger partial charge in [0, 0.05) is 16.3 Å². The molecule has 5 aromatic heterocycles. The zero-order chi connectivity index (χ0) is 35.6. The van der Waals surface area contributed by atoms with Gasteiger partial charge in [0.05, 0.1) is 6.54 Å². The number of benzene rings is 1. The topological polar surface area (TPSA) is 191 Å². The molecule has 6 aromatic rings. The summed E-state index contributed by atoms with van der Waals surface area (Å²) in [5.41, 5.74) is 2.52. The zero-order valence-electron chi connectivity index (χ0n) is 28.1. The van der Waals surface area contributed by atoms with Gasteiger partial charge in [0.2, 0.25) is 29.5 Å². The quantitative estimate of drug-likeness (QED) is 0.183. The Morgan fingerprint density at radius 1 is 0.745 bits per heavy atom. The van der Waals surface area contributed by atoms with Crippen molar-refractivity contribution in [2.75, 3.05) is 0 Å². The van der Waals surface area contributed by atoms with E-state index in [0.29, 0.717) is 51.2 Å². The van der Waals surface area contributed by atoms with E-state index in [-0.39, 0.29) is 47.5 Å². The molecule has 7 rings (SSSR count). The summed E-state index contributed by atoms with van der Waals surface area (Å²) in [7, 11) is 0. The summed E-state index contributed by atoms with van der Waals surface area (Å²) in [6.07, 6.45) is 4.06.